The summed E-state index contributed by atoms with van der Waals surface area (Å²) in [4.78, 5) is 19.2. The van der Waals surface area contributed by atoms with Crippen molar-refractivity contribution in [1.29, 1.82) is 0 Å². The van der Waals surface area contributed by atoms with Gasteiger partial charge in [0.1, 0.15) is 12.4 Å². The molecule has 0 aromatic heterocycles. The van der Waals surface area contributed by atoms with Gasteiger partial charge in [-0.3, -0.25) is 9.69 Å². The number of Topliss-reactive ketones (excluding diaryl/α,β-unsaturated/α-hetero) is 1. The smallest absolute Gasteiger partial charge is 0.142 e. The van der Waals surface area contributed by atoms with E-state index in [0.29, 0.717) is 12.4 Å². The van der Waals surface area contributed by atoms with E-state index < -0.39 is 0 Å². The monoisotopic (exact) mass is 412 g/mol. The predicted molar refractivity (Wildman–Crippen MR) is 125 cm³/mol. The van der Waals surface area contributed by atoms with Crippen molar-refractivity contribution in [1.82, 2.24) is 4.90 Å². The highest BCUT2D eigenvalue weighted by Crippen LogP contribution is 2.21. The average molecular weight is 413 g/mol. The lowest BCUT2D eigenvalue weighted by molar-refractivity contribution is -0.126. The molecule has 1 aliphatic heterocycles. The van der Waals surface area contributed by atoms with Crippen molar-refractivity contribution in [3.8, 4) is 11.1 Å². The first-order valence-corrected chi connectivity index (χ1v) is 10.7. The number of hydrogen-bond acceptors (Lipinski definition) is 4. The summed E-state index contributed by atoms with van der Waals surface area (Å²) in [6.45, 7) is 6.71. The zero-order valence-corrected chi connectivity index (χ0v) is 18.1. The molecule has 1 heterocycles. The van der Waals surface area contributed by atoms with Crippen LogP contribution >= 0.6 is 0 Å². The maximum atomic E-state index is 11.3. The minimum absolute atomic E-state index is 0.223. The molecule has 4 rings (SSSR count). The molecule has 4 heteroatoms. The van der Waals surface area contributed by atoms with Crippen LogP contribution in [-0.2, 0) is 22.8 Å². The maximum absolute atomic E-state index is 11.3. The summed E-state index contributed by atoms with van der Waals surface area (Å²) in [7, 11) is 0. The molecular weight excluding hydrogens is 384 g/mol. The van der Waals surface area contributed by atoms with Crippen molar-refractivity contribution in [2.45, 2.75) is 27.0 Å². The summed E-state index contributed by atoms with van der Waals surface area (Å²) < 4.78 is 0. The van der Waals surface area contributed by atoms with Crippen LogP contribution in [-0.4, -0.2) is 29.5 Å². The lowest BCUT2D eigenvalue weighted by Crippen LogP contribution is -2.48. The van der Waals surface area contributed by atoms with E-state index in [9.17, 15) is 4.79 Å². The molecule has 1 saturated heterocycles. The summed E-state index contributed by atoms with van der Waals surface area (Å²) >= 11 is 0. The van der Waals surface area contributed by atoms with Crippen molar-refractivity contribution >= 4 is 11.5 Å². The summed E-state index contributed by atoms with van der Waals surface area (Å²) in [5.41, 5.74) is 6.64. The normalized spacial score (nSPS) is 14.8. The molecule has 0 spiro atoms. The molecule has 3 aromatic carbocycles. The lowest BCUT2D eigenvalue weighted by Gasteiger charge is -2.37. The van der Waals surface area contributed by atoms with Gasteiger partial charge in [-0.05, 0) is 41.7 Å². The van der Waals surface area contributed by atoms with E-state index in [1.807, 2.05) is 25.1 Å². The van der Waals surface area contributed by atoms with Crippen LogP contribution in [0.1, 0.15) is 30.5 Å². The Morgan fingerprint density at radius 1 is 0.871 bits per heavy atom. The third kappa shape index (κ3) is 5.47. The van der Waals surface area contributed by atoms with Crippen molar-refractivity contribution in [2.24, 2.45) is 11.1 Å². The molecule has 0 bridgehead atoms. The van der Waals surface area contributed by atoms with Gasteiger partial charge in [-0.15, -0.1) is 0 Å². The molecule has 0 radical (unpaired) electrons. The molecular formula is C27H28N2O2. The van der Waals surface area contributed by atoms with Crippen LogP contribution in [0.25, 0.3) is 11.1 Å². The molecule has 31 heavy (non-hydrogen) atoms. The molecule has 0 N–H and O–H groups in total. The third-order valence-corrected chi connectivity index (χ3v) is 5.80. The fraction of sp³-hybridized carbons (Fsp3) is 0.259. The molecule has 158 valence electrons. The van der Waals surface area contributed by atoms with Crippen LogP contribution in [0.4, 0.5) is 0 Å². The SMILES string of the molecule is CC(=O)C1CN(Cc2ccc(/C(C)=N/OCc3ccc(-c4ccccc4)cc3)cc2)C1. The Kier molecular flexibility index (Phi) is 6.58. The maximum Gasteiger partial charge on any atom is 0.142 e. The number of hydrogen-bond donors (Lipinski definition) is 0. The summed E-state index contributed by atoms with van der Waals surface area (Å²) in [6.07, 6.45) is 0. The highest BCUT2D eigenvalue weighted by atomic mass is 16.6. The van der Waals surface area contributed by atoms with E-state index >= 15 is 0 Å². The van der Waals surface area contributed by atoms with Crippen LogP contribution in [0.5, 0.6) is 0 Å². The van der Waals surface area contributed by atoms with E-state index in [4.69, 9.17) is 4.84 Å². The molecule has 0 unspecified atom stereocenters. The van der Waals surface area contributed by atoms with Crippen molar-refractivity contribution in [3.63, 3.8) is 0 Å². The number of ketones is 1. The van der Waals surface area contributed by atoms with Gasteiger partial charge in [0.15, 0.2) is 0 Å². The second-order valence-electron chi connectivity index (χ2n) is 8.21. The highest BCUT2D eigenvalue weighted by molar-refractivity contribution is 5.98. The Balaban J connectivity index is 1.27. The van der Waals surface area contributed by atoms with E-state index in [1.54, 1.807) is 6.92 Å². The number of oxime groups is 1. The number of nitrogens with zero attached hydrogens (tertiary/aromatic N) is 2. The van der Waals surface area contributed by atoms with Crippen LogP contribution in [0.3, 0.4) is 0 Å². The Labute approximate surface area is 184 Å². The molecule has 1 aliphatic rings. The first-order valence-electron chi connectivity index (χ1n) is 10.7. The number of benzene rings is 3. The zero-order valence-electron chi connectivity index (χ0n) is 18.1. The fourth-order valence-electron chi connectivity index (χ4n) is 3.75. The number of carbonyl (C=O) groups is 1. The van der Waals surface area contributed by atoms with Gasteiger partial charge in [0, 0.05) is 25.6 Å². The van der Waals surface area contributed by atoms with Crippen LogP contribution < -0.4 is 0 Å². The van der Waals surface area contributed by atoms with Gasteiger partial charge in [-0.2, -0.15) is 0 Å². The molecule has 0 aliphatic carbocycles. The van der Waals surface area contributed by atoms with Gasteiger partial charge in [0.2, 0.25) is 0 Å². The van der Waals surface area contributed by atoms with Crippen molar-refractivity contribution < 1.29 is 9.63 Å². The Morgan fingerprint density at radius 3 is 2.13 bits per heavy atom. The second kappa shape index (κ2) is 9.71. The molecule has 0 saturated carbocycles. The van der Waals surface area contributed by atoms with Crippen LogP contribution in [0.15, 0.2) is 84.0 Å². The predicted octanol–water partition coefficient (Wildman–Crippen LogP) is 5.32. The molecule has 0 amide bonds. The van der Waals surface area contributed by atoms with Gasteiger partial charge in [0.05, 0.1) is 5.71 Å². The fourth-order valence-corrected chi connectivity index (χ4v) is 3.75. The van der Waals surface area contributed by atoms with Gasteiger partial charge in [-0.25, -0.2) is 0 Å². The third-order valence-electron chi connectivity index (χ3n) is 5.80. The molecule has 1 fully saturated rings. The summed E-state index contributed by atoms with van der Waals surface area (Å²) in [6, 6.07) is 27.1. The van der Waals surface area contributed by atoms with E-state index in [0.717, 1.165) is 36.5 Å². The molecule has 4 nitrogen and oxygen atoms in total. The standard InChI is InChI=1S/C27H28N2O2/c1-20(24-12-8-22(9-13-24)16-29-17-27(18-29)21(2)30)28-31-19-23-10-14-26(15-11-23)25-6-4-3-5-7-25/h3-15,27H,16-19H2,1-2H3/b28-20+. The second-order valence-corrected chi connectivity index (χ2v) is 8.21. The highest BCUT2D eigenvalue weighted by Gasteiger charge is 2.29. The summed E-state index contributed by atoms with van der Waals surface area (Å²) in [5.74, 6) is 0.519. The van der Waals surface area contributed by atoms with E-state index in [1.165, 1.54) is 16.7 Å². The number of carbonyl (C=O) groups excluding carboxylic acids is 1. The van der Waals surface area contributed by atoms with Gasteiger partial charge in [-0.1, -0.05) is 84.0 Å². The number of likely N-dealkylation sites (tertiary alicyclic amines) is 1. The first-order chi connectivity index (χ1) is 15.1. The number of rotatable bonds is 8. The Bertz CT molecular complexity index is 1030. The van der Waals surface area contributed by atoms with Crippen LogP contribution in [0, 0.1) is 5.92 Å². The molecule has 3 aromatic rings. The first kappa shape index (κ1) is 21.0. The summed E-state index contributed by atoms with van der Waals surface area (Å²) in [5, 5.41) is 4.29. The lowest BCUT2D eigenvalue weighted by atomic mass is 9.95. The molecule has 0 atom stereocenters. The van der Waals surface area contributed by atoms with E-state index in [2.05, 4.69) is 70.7 Å². The van der Waals surface area contributed by atoms with Gasteiger partial charge in [0.25, 0.3) is 0 Å². The quantitative estimate of drug-likeness (QED) is 0.372. The van der Waals surface area contributed by atoms with Crippen LogP contribution in [0.2, 0.25) is 0 Å². The van der Waals surface area contributed by atoms with Crippen molar-refractivity contribution in [2.75, 3.05) is 13.1 Å². The minimum atomic E-state index is 0.223. The largest absolute Gasteiger partial charge is 0.391 e. The van der Waals surface area contributed by atoms with Crippen molar-refractivity contribution in [3.05, 3.63) is 95.6 Å². The Hall–Kier alpha value is -3.24. The minimum Gasteiger partial charge on any atom is -0.391 e. The average Bonchev–Trinajstić information content (AvgIpc) is 2.77. The van der Waals surface area contributed by atoms with Gasteiger partial charge < -0.3 is 4.84 Å². The topological polar surface area (TPSA) is 41.9 Å². The van der Waals surface area contributed by atoms with E-state index in [-0.39, 0.29) is 5.92 Å². The van der Waals surface area contributed by atoms with Gasteiger partial charge >= 0.3 is 0 Å². The zero-order chi connectivity index (χ0) is 21.6. The Morgan fingerprint density at radius 2 is 1.48 bits per heavy atom.